The molecule has 0 heterocycles. The van der Waals surface area contributed by atoms with Crippen LogP contribution in [0.5, 0.6) is 11.5 Å². The molecule has 0 spiro atoms. The average molecular weight is 310 g/mol. The Hall–Kier alpha value is -3.01. The second-order valence-corrected chi connectivity index (χ2v) is 4.73. The van der Waals surface area contributed by atoms with Gasteiger partial charge in [0.2, 0.25) is 0 Å². The predicted molar refractivity (Wildman–Crippen MR) is 90.1 cm³/mol. The molecule has 0 saturated heterocycles. The van der Waals surface area contributed by atoms with Gasteiger partial charge in [-0.25, -0.2) is 4.79 Å². The molecule has 0 aromatic heterocycles. The lowest BCUT2D eigenvalue weighted by molar-refractivity contribution is -0.136. The molecule has 0 amide bonds. The zero-order valence-corrected chi connectivity index (χ0v) is 12.8. The van der Waals surface area contributed by atoms with Crippen molar-refractivity contribution in [1.29, 1.82) is 0 Å². The largest absolute Gasteiger partial charge is 0.508 e. The minimum Gasteiger partial charge on any atom is -0.508 e. The van der Waals surface area contributed by atoms with Crippen LogP contribution in [0.15, 0.2) is 60.7 Å². The number of hydrogen-bond acceptors (Lipinski definition) is 4. The van der Waals surface area contributed by atoms with Crippen LogP contribution in [0.2, 0.25) is 0 Å². The second-order valence-electron chi connectivity index (χ2n) is 4.73. The third kappa shape index (κ3) is 5.71. The van der Waals surface area contributed by atoms with Gasteiger partial charge in [-0.3, -0.25) is 0 Å². The molecule has 2 aromatic rings. The van der Waals surface area contributed by atoms with E-state index >= 15 is 0 Å². The third-order valence-corrected chi connectivity index (χ3v) is 3.05. The number of phenols is 1. The lowest BCUT2D eigenvalue weighted by Gasteiger charge is -1.99. The second kappa shape index (κ2) is 8.44. The maximum Gasteiger partial charge on any atom is 0.331 e. The number of phenolic OH excluding ortho intramolecular Hbond substituents is 1. The highest BCUT2D eigenvalue weighted by Gasteiger charge is 1.95. The quantitative estimate of drug-likeness (QED) is 0.653. The van der Waals surface area contributed by atoms with Crippen molar-refractivity contribution in [2.24, 2.45) is 0 Å². The standard InChI is InChI=1S/C19H18O4/c1-22-18-11-6-15(7-12-18)3-2-14-23-19(21)13-8-16-4-9-17(20)10-5-16/h2-13,20H,14H2,1H3/b3-2+,13-8+. The van der Waals surface area contributed by atoms with Crippen LogP contribution in [-0.4, -0.2) is 24.8 Å². The maximum absolute atomic E-state index is 11.6. The van der Waals surface area contributed by atoms with Crippen LogP contribution in [0.3, 0.4) is 0 Å². The molecule has 0 saturated carbocycles. The summed E-state index contributed by atoms with van der Waals surface area (Å²) in [5, 5.41) is 9.17. The van der Waals surface area contributed by atoms with Gasteiger partial charge in [-0.15, -0.1) is 0 Å². The summed E-state index contributed by atoms with van der Waals surface area (Å²) in [6, 6.07) is 14.1. The minimum atomic E-state index is -0.419. The van der Waals surface area contributed by atoms with Gasteiger partial charge in [0.1, 0.15) is 18.1 Å². The molecule has 118 valence electrons. The molecule has 23 heavy (non-hydrogen) atoms. The van der Waals surface area contributed by atoms with Gasteiger partial charge in [0, 0.05) is 6.08 Å². The van der Waals surface area contributed by atoms with E-state index in [1.165, 1.54) is 6.08 Å². The SMILES string of the molecule is COc1ccc(/C=C/COC(=O)/C=C/c2ccc(O)cc2)cc1. The lowest BCUT2D eigenvalue weighted by Crippen LogP contribution is -1.99. The van der Waals surface area contributed by atoms with E-state index in [2.05, 4.69) is 0 Å². The summed E-state index contributed by atoms with van der Waals surface area (Å²) in [5.74, 6) is 0.568. The van der Waals surface area contributed by atoms with E-state index in [0.29, 0.717) is 0 Å². The van der Waals surface area contributed by atoms with Crippen molar-refractivity contribution in [2.75, 3.05) is 13.7 Å². The number of rotatable bonds is 6. The van der Waals surface area contributed by atoms with Crippen LogP contribution in [0, 0.1) is 0 Å². The van der Waals surface area contributed by atoms with Gasteiger partial charge in [0.15, 0.2) is 0 Å². The Morgan fingerprint density at radius 1 is 1.00 bits per heavy atom. The lowest BCUT2D eigenvalue weighted by atomic mass is 10.2. The van der Waals surface area contributed by atoms with Crippen LogP contribution >= 0.6 is 0 Å². The number of benzene rings is 2. The fraction of sp³-hybridized carbons (Fsp3) is 0.105. The Kier molecular flexibility index (Phi) is 6.00. The highest BCUT2D eigenvalue weighted by atomic mass is 16.5. The first-order chi connectivity index (χ1) is 11.2. The summed E-state index contributed by atoms with van der Waals surface area (Å²) in [6.45, 7) is 0.199. The molecular weight excluding hydrogens is 292 g/mol. The van der Waals surface area contributed by atoms with E-state index in [1.807, 2.05) is 30.3 Å². The van der Waals surface area contributed by atoms with Gasteiger partial charge in [-0.1, -0.05) is 30.3 Å². The van der Waals surface area contributed by atoms with E-state index in [0.717, 1.165) is 16.9 Å². The molecule has 0 fully saturated rings. The Morgan fingerprint density at radius 3 is 2.26 bits per heavy atom. The van der Waals surface area contributed by atoms with Crippen LogP contribution < -0.4 is 4.74 Å². The van der Waals surface area contributed by atoms with Gasteiger partial charge in [0.05, 0.1) is 7.11 Å². The first-order valence-electron chi connectivity index (χ1n) is 7.12. The summed E-state index contributed by atoms with van der Waals surface area (Å²) in [6.07, 6.45) is 6.63. The van der Waals surface area contributed by atoms with E-state index in [-0.39, 0.29) is 12.4 Å². The molecule has 0 aliphatic heterocycles. The number of aromatic hydroxyl groups is 1. The minimum absolute atomic E-state index is 0.188. The van der Waals surface area contributed by atoms with E-state index in [9.17, 15) is 9.90 Å². The molecule has 0 unspecified atom stereocenters. The van der Waals surface area contributed by atoms with Gasteiger partial charge in [0.25, 0.3) is 0 Å². The monoisotopic (exact) mass is 310 g/mol. The van der Waals surface area contributed by atoms with Gasteiger partial charge in [-0.05, 0) is 47.5 Å². The van der Waals surface area contributed by atoms with Crippen LogP contribution in [0.4, 0.5) is 0 Å². The number of ether oxygens (including phenoxy) is 2. The summed E-state index contributed by atoms with van der Waals surface area (Å²) >= 11 is 0. The first kappa shape index (κ1) is 16.4. The van der Waals surface area contributed by atoms with Crippen molar-refractivity contribution < 1.29 is 19.4 Å². The van der Waals surface area contributed by atoms with Crippen molar-refractivity contribution in [3.8, 4) is 11.5 Å². The molecule has 2 rings (SSSR count). The zero-order valence-electron chi connectivity index (χ0n) is 12.8. The summed E-state index contributed by atoms with van der Waals surface area (Å²) in [5.41, 5.74) is 1.81. The van der Waals surface area contributed by atoms with E-state index in [1.54, 1.807) is 43.5 Å². The topological polar surface area (TPSA) is 55.8 Å². The van der Waals surface area contributed by atoms with Crippen molar-refractivity contribution in [2.45, 2.75) is 0 Å². The number of methoxy groups -OCH3 is 1. The van der Waals surface area contributed by atoms with Crippen molar-refractivity contribution >= 4 is 18.1 Å². The Morgan fingerprint density at radius 2 is 1.61 bits per heavy atom. The van der Waals surface area contributed by atoms with E-state index in [4.69, 9.17) is 9.47 Å². The molecule has 1 N–H and O–H groups in total. The summed E-state index contributed by atoms with van der Waals surface area (Å²) in [4.78, 5) is 11.6. The smallest absolute Gasteiger partial charge is 0.331 e. The molecule has 0 aliphatic carbocycles. The van der Waals surface area contributed by atoms with E-state index < -0.39 is 5.97 Å². The Balaban J connectivity index is 1.77. The highest BCUT2D eigenvalue weighted by Crippen LogP contribution is 2.12. The third-order valence-electron chi connectivity index (χ3n) is 3.05. The van der Waals surface area contributed by atoms with Gasteiger partial charge < -0.3 is 14.6 Å². The molecule has 4 heteroatoms. The normalized spacial score (nSPS) is 11.0. The van der Waals surface area contributed by atoms with Crippen LogP contribution in [0.1, 0.15) is 11.1 Å². The zero-order chi connectivity index (χ0) is 16.5. The molecule has 0 radical (unpaired) electrons. The van der Waals surface area contributed by atoms with Crippen LogP contribution in [-0.2, 0) is 9.53 Å². The molecule has 2 aromatic carbocycles. The maximum atomic E-state index is 11.6. The number of hydrogen-bond donors (Lipinski definition) is 1. The Labute approximate surface area is 135 Å². The Bertz CT molecular complexity index is 682. The highest BCUT2D eigenvalue weighted by molar-refractivity contribution is 5.87. The average Bonchev–Trinajstić information content (AvgIpc) is 2.59. The van der Waals surface area contributed by atoms with Crippen molar-refractivity contribution in [3.05, 3.63) is 71.8 Å². The fourth-order valence-electron chi connectivity index (χ4n) is 1.83. The summed E-state index contributed by atoms with van der Waals surface area (Å²) < 4.78 is 10.1. The molecule has 0 bridgehead atoms. The molecule has 0 aliphatic rings. The van der Waals surface area contributed by atoms with Crippen molar-refractivity contribution in [3.63, 3.8) is 0 Å². The molecule has 4 nitrogen and oxygen atoms in total. The predicted octanol–water partition coefficient (Wildman–Crippen LogP) is 3.67. The van der Waals surface area contributed by atoms with Crippen molar-refractivity contribution in [1.82, 2.24) is 0 Å². The molecule has 0 atom stereocenters. The first-order valence-corrected chi connectivity index (χ1v) is 7.12. The summed E-state index contributed by atoms with van der Waals surface area (Å²) in [7, 11) is 1.62. The molecular formula is C19H18O4. The fourth-order valence-corrected chi connectivity index (χ4v) is 1.83. The van der Waals surface area contributed by atoms with Gasteiger partial charge in [-0.2, -0.15) is 0 Å². The van der Waals surface area contributed by atoms with Gasteiger partial charge >= 0.3 is 5.97 Å². The number of carbonyl (C=O) groups excluding carboxylic acids is 1. The number of carbonyl (C=O) groups is 1. The van der Waals surface area contributed by atoms with Crippen LogP contribution in [0.25, 0.3) is 12.2 Å². The number of esters is 1.